The molecule has 4 rings (SSSR count). The van der Waals surface area contributed by atoms with Crippen molar-refractivity contribution < 1.29 is 0 Å². The van der Waals surface area contributed by atoms with Crippen molar-refractivity contribution in [1.29, 1.82) is 0 Å². The number of anilines is 2. The molecule has 2 atom stereocenters. The van der Waals surface area contributed by atoms with Crippen LogP contribution in [-0.4, -0.2) is 16.0 Å². The average Bonchev–Trinajstić information content (AvgIpc) is 2.83. The standard InChI is InChI=1S/C27H26BrClN4/c1-19(33-27-16-26(31-18-32-27)30-17-21-6-3-2-4-7-21)25(22-8-5-9-23(28)15-22)14-20-10-12-24(29)13-11-20/h2-13,15-16,18-19,25H,14,17H2,1H3,(H2,30,31,32,33)/t19-,25+/m0/s1. The maximum atomic E-state index is 6.10. The molecule has 4 aromatic rings. The molecule has 0 spiro atoms. The van der Waals surface area contributed by atoms with Gasteiger partial charge in [-0.05, 0) is 54.3 Å². The SMILES string of the molecule is C[C@H](Nc1cc(NCc2ccccc2)ncn1)[C@@H](Cc1ccc(Cl)cc1)c1cccc(Br)c1. The molecule has 0 aliphatic carbocycles. The smallest absolute Gasteiger partial charge is 0.131 e. The van der Waals surface area contributed by atoms with Crippen LogP contribution < -0.4 is 10.6 Å². The fraction of sp³-hybridized carbons (Fsp3) is 0.185. The third kappa shape index (κ3) is 6.80. The van der Waals surface area contributed by atoms with Crippen LogP contribution in [0.4, 0.5) is 11.6 Å². The molecule has 2 N–H and O–H groups in total. The fourth-order valence-electron chi connectivity index (χ4n) is 3.85. The molecular formula is C27H26BrClN4. The van der Waals surface area contributed by atoms with Crippen LogP contribution in [0.2, 0.25) is 5.02 Å². The molecule has 33 heavy (non-hydrogen) atoms. The summed E-state index contributed by atoms with van der Waals surface area (Å²) in [5.41, 5.74) is 3.71. The first kappa shape index (κ1) is 23.3. The number of aromatic nitrogens is 2. The van der Waals surface area contributed by atoms with Gasteiger partial charge in [0.1, 0.15) is 18.0 Å². The molecule has 0 unspecified atom stereocenters. The van der Waals surface area contributed by atoms with Crippen LogP contribution in [-0.2, 0) is 13.0 Å². The third-order valence-electron chi connectivity index (χ3n) is 5.61. The van der Waals surface area contributed by atoms with Crippen LogP contribution >= 0.6 is 27.5 Å². The van der Waals surface area contributed by atoms with Crippen LogP contribution in [0.25, 0.3) is 0 Å². The second-order valence-corrected chi connectivity index (χ2v) is 9.40. The number of rotatable bonds is 9. The van der Waals surface area contributed by atoms with E-state index in [9.17, 15) is 0 Å². The van der Waals surface area contributed by atoms with E-state index in [0.717, 1.165) is 27.6 Å². The Morgan fingerprint density at radius 3 is 2.36 bits per heavy atom. The monoisotopic (exact) mass is 520 g/mol. The predicted octanol–water partition coefficient (Wildman–Crippen LogP) is 7.33. The van der Waals surface area contributed by atoms with Crippen molar-refractivity contribution in [1.82, 2.24) is 9.97 Å². The summed E-state index contributed by atoms with van der Waals surface area (Å²) in [5.74, 6) is 1.82. The Morgan fingerprint density at radius 2 is 1.61 bits per heavy atom. The zero-order chi connectivity index (χ0) is 23.0. The van der Waals surface area contributed by atoms with Crippen LogP contribution in [0, 0.1) is 0 Å². The van der Waals surface area contributed by atoms with Crippen LogP contribution in [0.5, 0.6) is 0 Å². The van der Waals surface area contributed by atoms with Gasteiger partial charge in [-0.3, -0.25) is 0 Å². The molecular weight excluding hydrogens is 496 g/mol. The summed E-state index contributed by atoms with van der Waals surface area (Å²) < 4.78 is 1.07. The number of nitrogens with one attached hydrogen (secondary N) is 2. The van der Waals surface area contributed by atoms with Crippen molar-refractivity contribution in [2.45, 2.75) is 31.8 Å². The molecule has 1 aromatic heterocycles. The number of halogens is 2. The quantitative estimate of drug-likeness (QED) is 0.242. The lowest BCUT2D eigenvalue weighted by Crippen LogP contribution is -2.26. The summed E-state index contributed by atoms with van der Waals surface area (Å²) in [5, 5.41) is 7.73. The minimum atomic E-state index is 0.131. The van der Waals surface area contributed by atoms with Gasteiger partial charge in [0.15, 0.2) is 0 Å². The fourth-order valence-corrected chi connectivity index (χ4v) is 4.39. The van der Waals surface area contributed by atoms with E-state index >= 15 is 0 Å². The molecule has 0 radical (unpaired) electrons. The highest BCUT2D eigenvalue weighted by Crippen LogP contribution is 2.29. The largest absolute Gasteiger partial charge is 0.367 e. The molecule has 0 saturated carbocycles. The first-order chi connectivity index (χ1) is 16.1. The summed E-state index contributed by atoms with van der Waals surface area (Å²) in [6.45, 7) is 2.91. The first-order valence-corrected chi connectivity index (χ1v) is 12.1. The van der Waals surface area contributed by atoms with E-state index in [1.165, 1.54) is 16.7 Å². The molecule has 0 bridgehead atoms. The van der Waals surface area contributed by atoms with Crippen molar-refractivity contribution in [3.8, 4) is 0 Å². The van der Waals surface area contributed by atoms with Gasteiger partial charge < -0.3 is 10.6 Å². The number of nitrogens with zero attached hydrogens (tertiary/aromatic N) is 2. The number of hydrogen-bond acceptors (Lipinski definition) is 4. The molecule has 0 saturated heterocycles. The van der Waals surface area contributed by atoms with Crippen LogP contribution in [0.15, 0.2) is 95.7 Å². The Balaban J connectivity index is 1.50. The normalized spacial score (nSPS) is 12.7. The van der Waals surface area contributed by atoms with Gasteiger partial charge in [0.25, 0.3) is 0 Å². The zero-order valence-electron chi connectivity index (χ0n) is 18.4. The third-order valence-corrected chi connectivity index (χ3v) is 6.35. The molecule has 0 fully saturated rings. The van der Waals surface area contributed by atoms with E-state index in [1.807, 2.05) is 36.4 Å². The van der Waals surface area contributed by atoms with Crippen molar-refractivity contribution >= 4 is 39.2 Å². The van der Waals surface area contributed by atoms with Gasteiger partial charge in [0, 0.05) is 34.1 Å². The Kier molecular flexibility index (Phi) is 7.97. The molecule has 6 heteroatoms. The Labute approximate surface area is 208 Å². The van der Waals surface area contributed by atoms with E-state index in [1.54, 1.807) is 6.33 Å². The Hall–Kier alpha value is -2.89. The van der Waals surface area contributed by atoms with Crippen molar-refractivity contribution in [2.24, 2.45) is 0 Å². The summed E-state index contributed by atoms with van der Waals surface area (Å²) >= 11 is 9.72. The molecule has 0 aliphatic rings. The highest BCUT2D eigenvalue weighted by atomic mass is 79.9. The Bertz CT molecular complexity index is 1170. The van der Waals surface area contributed by atoms with Crippen LogP contribution in [0.1, 0.15) is 29.5 Å². The van der Waals surface area contributed by atoms with Crippen LogP contribution in [0.3, 0.4) is 0 Å². The van der Waals surface area contributed by atoms with E-state index < -0.39 is 0 Å². The number of benzene rings is 3. The second kappa shape index (κ2) is 11.3. The van der Waals surface area contributed by atoms with Gasteiger partial charge >= 0.3 is 0 Å². The molecule has 168 valence electrons. The van der Waals surface area contributed by atoms with E-state index in [-0.39, 0.29) is 12.0 Å². The molecule has 3 aromatic carbocycles. The lowest BCUT2D eigenvalue weighted by Gasteiger charge is -2.26. The maximum absolute atomic E-state index is 6.10. The van der Waals surface area contributed by atoms with Gasteiger partial charge in [0.05, 0.1) is 0 Å². The minimum Gasteiger partial charge on any atom is -0.367 e. The van der Waals surface area contributed by atoms with Gasteiger partial charge in [-0.1, -0.05) is 82.1 Å². The summed E-state index contributed by atoms with van der Waals surface area (Å²) in [7, 11) is 0. The first-order valence-electron chi connectivity index (χ1n) is 10.9. The minimum absolute atomic E-state index is 0.131. The van der Waals surface area contributed by atoms with Gasteiger partial charge in [-0.2, -0.15) is 0 Å². The average molecular weight is 522 g/mol. The van der Waals surface area contributed by atoms with Crippen molar-refractivity contribution in [3.05, 3.63) is 117 Å². The van der Waals surface area contributed by atoms with Gasteiger partial charge in [-0.15, -0.1) is 0 Å². The predicted molar refractivity (Wildman–Crippen MR) is 141 cm³/mol. The molecule has 0 aliphatic heterocycles. The topological polar surface area (TPSA) is 49.8 Å². The Morgan fingerprint density at radius 1 is 0.848 bits per heavy atom. The van der Waals surface area contributed by atoms with E-state index in [0.29, 0.717) is 6.54 Å². The molecule has 4 nitrogen and oxygen atoms in total. The summed E-state index contributed by atoms with van der Waals surface area (Å²) in [4.78, 5) is 8.83. The lowest BCUT2D eigenvalue weighted by atomic mass is 9.86. The van der Waals surface area contributed by atoms with E-state index in [2.05, 4.69) is 92.0 Å². The maximum Gasteiger partial charge on any atom is 0.131 e. The van der Waals surface area contributed by atoms with E-state index in [4.69, 9.17) is 11.6 Å². The van der Waals surface area contributed by atoms with Gasteiger partial charge in [-0.25, -0.2) is 9.97 Å². The summed E-state index contributed by atoms with van der Waals surface area (Å²) in [6, 6.07) is 28.9. The van der Waals surface area contributed by atoms with Gasteiger partial charge in [0.2, 0.25) is 0 Å². The number of hydrogen-bond donors (Lipinski definition) is 2. The van der Waals surface area contributed by atoms with Crippen molar-refractivity contribution in [2.75, 3.05) is 10.6 Å². The van der Waals surface area contributed by atoms with Crippen molar-refractivity contribution in [3.63, 3.8) is 0 Å². The highest BCUT2D eigenvalue weighted by Gasteiger charge is 2.21. The highest BCUT2D eigenvalue weighted by molar-refractivity contribution is 9.10. The lowest BCUT2D eigenvalue weighted by molar-refractivity contribution is 0.594. The second-order valence-electron chi connectivity index (χ2n) is 8.05. The summed E-state index contributed by atoms with van der Waals surface area (Å²) in [6.07, 6.45) is 2.47. The molecule has 0 amide bonds. The molecule has 1 heterocycles. The zero-order valence-corrected chi connectivity index (χ0v) is 20.7.